The summed E-state index contributed by atoms with van der Waals surface area (Å²) in [6.45, 7) is 6.01. The standard InChI is InChI=1S/C35H54N12O10.C9H9N.C4H11N3/c1-19-30(53)41-17-28(51)44-22(29(36)52)11-6-7-13-39-27(50)16-25(46-31(54)23(43-20(2)49)12-8-14-40-35(37)38)33(56)47-26(18-48)34(57)45-24(32(55)42-19)15-21-9-4-3-5-10-21;1-7-6-10-9-5-3-2-4-8(7)9;1-2-3-7-4(5)6/h3-5,9-10,19,22-26,48H,6-8,11-18H2,1-2H3,(H2,36,52)(H,39,50)(H,41,53)(H,42,55)(H,43,49)(H,44,51)(H,45,57)(H,46,54)(H,47,56)(H4,37,38,40);2-6,10H,1H3;2-3H2,1H3,(H4,5,6,7)/t19?,22?,23-,24?,25?,26-;;/m0../s1. The lowest BCUT2D eigenvalue weighted by Gasteiger charge is -2.26. The number of rotatable bonds is 13. The zero-order valence-electron chi connectivity index (χ0n) is 42.3. The molecular formula is C48H74N16O10. The van der Waals surface area contributed by atoms with Crippen LogP contribution in [0, 0.1) is 6.92 Å². The van der Waals surface area contributed by atoms with Crippen LogP contribution in [-0.2, 0) is 49.6 Å². The second-order valence-electron chi connectivity index (χ2n) is 17.1. The molecule has 26 nitrogen and oxygen atoms in total. The summed E-state index contributed by atoms with van der Waals surface area (Å²) in [5, 5.41) is 31.0. The molecule has 0 spiro atoms. The molecule has 406 valence electrons. The van der Waals surface area contributed by atoms with E-state index >= 15 is 0 Å². The zero-order valence-corrected chi connectivity index (χ0v) is 42.3. The fourth-order valence-electron chi connectivity index (χ4n) is 6.94. The summed E-state index contributed by atoms with van der Waals surface area (Å²) >= 11 is 0. The minimum Gasteiger partial charge on any atom is -0.394 e. The normalized spacial score (nSPS) is 19.7. The van der Waals surface area contributed by atoms with Gasteiger partial charge in [0.25, 0.3) is 0 Å². The molecule has 1 fully saturated rings. The Morgan fingerprint density at radius 1 is 0.770 bits per heavy atom. The lowest BCUT2D eigenvalue weighted by atomic mass is 10.0. The van der Waals surface area contributed by atoms with Crippen LogP contribution in [0.1, 0.15) is 76.8 Å². The average molecular weight is 1040 g/mol. The highest BCUT2D eigenvalue weighted by Crippen LogP contribution is 2.15. The number of aliphatic hydroxyl groups is 1. The summed E-state index contributed by atoms with van der Waals surface area (Å²) in [6, 6.07) is 8.56. The van der Waals surface area contributed by atoms with Crippen molar-refractivity contribution in [3.8, 4) is 0 Å². The molecule has 2 heterocycles. The Bertz CT molecular complexity index is 2390. The number of nitrogens with one attached hydrogen (secondary N) is 9. The smallest absolute Gasteiger partial charge is 0.245 e. The molecule has 20 N–H and O–H groups in total. The molecule has 6 atom stereocenters. The van der Waals surface area contributed by atoms with Crippen LogP contribution in [0.25, 0.3) is 10.9 Å². The van der Waals surface area contributed by atoms with E-state index in [0.29, 0.717) is 18.4 Å². The fraction of sp³-hybridized carbons (Fsp3) is 0.479. The van der Waals surface area contributed by atoms with Gasteiger partial charge in [0, 0.05) is 50.1 Å². The molecule has 9 amide bonds. The molecular weight excluding hydrogens is 961 g/mol. The molecule has 0 saturated carbocycles. The number of carbonyl (C=O) groups excluding carboxylic acids is 9. The van der Waals surface area contributed by atoms with Crippen molar-refractivity contribution in [1.82, 2.24) is 47.5 Å². The molecule has 4 unspecified atom stereocenters. The molecule has 1 aliphatic rings. The molecule has 74 heavy (non-hydrogen) atoms. The van der Waals surface area contributed by atoms with Crippen molar-refractivity contribution in [3.05, 3.63) is 71.9 Å². The number of fused-ring (bicyclic) bond motifs is 1. The SMILES string of the molecule is CC(=O)N[C@@H](CCCN=C(N)N)C(=O)NC1CC(=O)NCCCCC(C(N)=O)NC(=O)CNC(=O)C(C)NC(=O)C(Cc2ccccc2)NC(=O)[C@H](CO)NC1=O.CCCN=C(N)N.Cc1c[nH]c2ccccc12. The van der Waals surface area contributed by atoms with Crippen LogP contribution >= 0.6 is 0 Å². The van der Waals surface area contributed by atoms with E-state index in [4.69, 9.17) is 28.7 Å². The minimum atomic E-state index is -1.70. The zero-order chi connectivity index (χ0) is 55.2. The number of aryl methyl sites for hydroxylation is 1. The van der Waals surface area contributed by atoms with Crippen molar-refractivity contribution in [3.63, 3.8) is 0 Å². The second-order valence-corrected chi connectivity index (χ2v) is 17.1. The van der Waals surface area contributed by atoms with Crippen molar-refractivity contribution in [2.75, 3.05) is 32.8 Å². The number of H-pyrrole nitrogens is 1. The third-order valence-electron chi connectivity index (χ3n) is 10.8. The van der Waals surface area contributed by atoms with E-state index in [1.54, 1.807) is 30.3 Å². The van der Waals surface area contributed by atoms with Crippen LogP contribution in [0.4, 0.5) is 0 Å². The summed E-state index contributed by atoms with van der Waals surface area (Å²) in [4.78, 5) is 127. The number of aliphatic hydroxyl groups excluding tert-OH is 1. The van der Waals surface area contributed by atoms with Gasteiger partial charge in [0.15, 0.2) is 11.9 Å². The van der Waals surface area contributed by atoms with Gasteiger partial charge in [0.1, 0.15) is 36.3 Å². The van der Waals surface area contributed by atoms with Crippen LogP contribution < -0.4 is 71.2 Å². The first-order valence-corrected chi connectivity index (χ1v) is 24.0. The Morgan fingerprint density at radius 2 is 1.41 bits per heavy atom. The maximum absolute atomic E-state index is 13.7. The number of hydrogen-bond acceptors (Lipinski definition) is 12. The van der Waals surface area contributed by atoms with Gasteiger partial charge in [-0.3, -0.25) is 53.1 Å². The Hall–Kier alpha value is -8.29. The van der Waals surface area contributed by atoms with Crippen LogP contribution in [-0.4, -0.2) is 144 Å². The van der Waals surface area contributed by atoms with Gasteiger partial charge in [-0.2, -0.15) is 0 Å². The summed E-state index contributed by atoms with van der Waals surface area (Å²) in [6.07, 6.45) is 3.21. The quantitative estimate of drug-likeness (QED) is 0.0453. The number of carbonyl (C=O) groups is 9. The lowest BCUT2D eigenvalue weighted by Crippen LogP contribution is -2.60. The summed E-state index contributed by atoms with van der Waals surface area (Å²) in [5.74, 6) is -7.41. The average Bonchev–Trinajstić information content (AvgIpc) is 3.74. The van der Waals surface area contributed by atoms with E-state index in [1.165, 1.54) is 30.3 Å². The Balaban J connectivity index is 0.000000918. The van der Waals surface area contributed by atoms with E-state index in [0.717, 1.165) is 13.0 Å². The fourth-order valence-corrected chi connectivity index (χ4v) is 6.94. The molecule has 1 saturated heterocycles. The maximum Gasteiger partial charge on any atom is 0.245 e. The number of amides is 9. The van der Waals surface area contributed by atoms with Crippen molar-refractivity contribution in [2.45, 2.75) is 115 Å². The number of benzene rings is 2. The number of primary amides is 1. The highest BCUT2D eigenvalue weighted by Gasteiger charge is 2.33. The molecule has 1 aromatic heterocycles. The molecule has 0 bridgehead atoms. The van der Waals surface area contributed by atoms with E-state index in [2.05, 4.69) is 82.6 Å². The lowest BCUT2D eigenvalue weighted by molar-refractivity contribution is -0.136. The van der Waals surface area contributed by atoms with Gasteiger partial charge < -0.3 is 81.3 Å². The number of para-hydroxylation sites is 1. The van der Waals surface area contributed by atoms with Crippen LogP contribution in [0.15, 0.2) is 70.8 Å². The minimum absolute atomic E-state index is 0.0301. The monoisotopic (exact) mass is 1030 g/mol. The van der Waals surface area contributed by atoms with Gasteiger partial charge in [0.2, 0.25) is 53.2 Å². The van der Waals surface area contributed by atoms with E-state index in [-0.39, 0.29) is 50.7 Å². The summed E-state index contributed by atoms with van der Waals surface area (Å²) in [7, 11) is 0. The largest absolute Gasteiger partial charge is 0.394 e. The first-order valence-electron chi connectivity index (χ1n) is 24.0. The third kappa shape index (κ3) is 24.2. The van der Waals surface area contributed by atoms with Crippen molar-refractivity contribution in [1.29, 1.82) is 0 Å². The van der Waals surface area contributed by atoms with Crippen molar-refractivity contribution >= 4 is 76.0 Å². The first kappa shape index (κ1) is 61.8. The summed E-state index contributed by atoms with van der Waals surface area (Å²) < 4.78 is 0. The van der Waals surface area contributed by atoms with Gasteiger partial charge in [-0.25, -0.2) is 0 Å². The van der Waals surface area contributed by atoms with Gasteiger partial charge in [-0.05, 0) is 69.6 Å². The number of aromatic amines is 1. The molecule has 1 aliphatic heterocycles. The molecule has 0 aliphatic carbocycles. The van der Waals surface area contributed by atoms with Crippen LogP contribution in [0.2, 0.25) is 0 Å². The van der Waals surface area contributed by atoms with Crippen LogP contribution in [0.3, 0.4) is 0 Å². The number of nitrogens with two attached hydrogens (primary N) is 5. The molecule has 4 rings (SSSR count). The molecule has 0 radical (unpaired) electrons. The van der Waals surface area contributed by atoms with Gasteiger partial charge >= 0.3 is 0 Å². The van der Waals surface area contributed by atoms with Crippen LogP contribution in [0.5, 0.6) is 0 Å². The highest BCUT2D eigenvalue weighted by molar-refractivity contribution is 5.98. The number of guanidine groups is 2. The Labute approximate surface area is 429 Å². The van der Waals surface area contributed by atoms with E-state index in [9.17, 15) is 48.3 Å². The molecule has 2 aromatic carbocycles. The summed E-state index contributed by atoms with van der Waals surface area (Å²) in [5.41, 5.74) is 29.3. The Morgan fingerprint density at radius 3 is 2.01 bits per heavy atom. The Kier molecular flexibility index (Phi) is 27.9. The third-order valence-corrected chi connectivity index (χ3v) is 10.8. The van der Waals surface area contributed by atoms with E-state index < -0.39 is 109 Å². The van der Waals surface area contributed by atoms with Gasteiger partial charge in [-0.15, -0.1) is 0 Å². The maximum atomic E-state index is 13.7. The van der Waals surface area contributed by atoms with Gasteiger partial charge in [-0.1, -0.05) is 55.5 Å². The predicted octanol–water partition coefficient (Wildman–Crippen LogP) is -3.34. The first-order chi connectivity index (χ1) is 35.1. The van der Waals surface area contributed by atoms with Crippen molar-refractivity contribution < 1.29 is 48.3 Å². The molecule has 3 aromatic rings. The second kappa shape index (κ2) is 33.4. The highest BCUT2D eigenvalue weighted by atomic mass is 16.3. The number of aromatic nitrogens is 1. The predicted molar refractivity (Wildman–Crippen MR) is 278 cm³/mol. The number of nitrogens with zero attached hydrogens (tertiary/aromatic N) is 2. The topological polar surface area (TPSA) is 441 Å². The van der Waals surface area contributed by atoms with E-state index in [1.807, 2.05) is 19.2 Å². The molecule has 26 heteroatoms. The number of aliphatic imine (C=N–C) groups is 2. The van der Waals surface area contributed by atoms with Crippen molar-refractivity contribution in [2.24, 2.45) is 38.7 Å². The number of hydrogen-bond donors (Lipinski definition) is 15. The van der Waals surface area contributed by atoms with Gasteiger partial charge in [0.05, 0.1) is 19.6 Å².